The standard InChI is InChI=1S/C30H43FN4O7S/c1-20-17-35(21(2)19-36)29(37)26-16-25(33-43(5,39)40)13-14-27(26)42-22(3)8-6-7-15-41-28(20)18-34(4)30(38)32-24-11-9-23(31)10-12-24/h9-14,16,20-22,28,33,36H,6-8,15,17-19H2,1-5H3,(H,32,38)/t20-,21+,22+,28-/m1/s1. The summed E-state index contributed by atoms with van der Waals surface area (Å²) in [6, 6.07) is 9.05. The zero-order chi connectivity index (χ0) is 31.7. The molecule has 13 heteroatoms. The van der Waals surface area contributed by atoms with Crippen molar-refractivity contribution in [2.24, 2.45) is 5.92 Å². The first-order valence-corrected chi connectivity index (χ1v) is 16.3. The van der Waals surface area contributed by atoms with Crippen molar-refractivity contribution in [2.75, 3.05) is 49.6 Å². The summed E-state index contributed by atoms with van der Waals surface area (Å²) in [6.45, 7) is 6.05. The highest BCUT2D eigenvalue weighted by Gasteiger charge is 2.31. The molecule has 0 spiro atoms. The van der Waals surface area contributed by atoms with Crippen LogP contribution in [0.15, 0.2) is 42.5 Å². The molecule has 0 aromatic heterocycles. The summed E-state index contributed by atoms with van der Waals surface area (Å²) < 4.78 is 51.9. The van der Waals surface area contributed by atoms with Crippen LogP contribution >= 0.6 is 0 Å². The fourth-order valence-corrected chi connectivity index (χ4v) is 5.32. The predicted molar refractivity (Wildman–Crippen MR) is 163 cm³/mol. The first-order chi connectivity index (χ1) is 20.3. The number of aliphatic hydroxyl groups is 1. The number of fused-ring (bicyclic) bond motifs is 1. The summed E-state index contributed by atoms with van der Waals surface area (Å²) in [4.78, 5) is 30.0. The molecule has 4 atom stereocenters. The number of carbonyl (C=O) groups excluding carboxylic acids is 2. The Hall–Kier alpha value is -3.42. The fourth-order valence-electron chi connectivity index (χ4n) is 4.77. The number of nitrogens with zero attached hydrogens (tertiary/aromatic N) is 2. The number of likely N-dealkylation sites (N-methyl/N-ethyl adjacent to an activating group) is 1. The van der Waals surface area contributed by atoms with Gasteiger partial charge in [0, 0.05) is 44.0 Å². The van der Waals surface area contributed by atoms with Crippen LogP contribution < -0.4 is 14.8 Å². The van der Waals surface area contributed by atoms with Crippen LogP contribution in [0, 0.1) is 11.7 Å². The van der Waals surface area contributed by atoms with Crippen LogP contribution in [0.2, 0.25) is 0 Å². The maximum absolute atomic E-state index is 14.1. The lowest BCUT2D eigenvalue weighted by atomic mass is 10.0. The molecular formula is C30H43FN4O7S. The number of nitrogens with one attached hydrogen (secondary N) is 2. The van der Waals surface area contributed by atoms with Gasteiger partial charge >= 0.3 is 6.03 Å². The zero-order valence-corrected chi connectivity index (χ0v) is 26.2. The third kappa shape index (κ3) is 10.4. The van der Waals surface area contributed by atoms with Crippen LogP contribution in [0.5, 0.6) is 5.75 Å². The Morgan fingerprint density at radius 1 is 1.16 bits per heavy atom. The van der Waals surface area contributed by atoms with Gasteiger partial charge in [-0.25, -0.2) is 17.6 Å². The number of hydrogen-bond acceptors (Lipinski definition) is 7. The lowest BCUT2D eigenvalue weighted by molar-refractivity contribution is -0.0115. The lowest BCUT2D eigenvalue weighted by Crippen LogP contribution is -2.48. The van der Waals surface area contributed by atoms with Crippen LogP contribution in [0.3, 0.4) is 0 Å². The van der Waals surface area contributed by atoms with Gasteiger partial charge in [-0.3, -0.25) is 9.52 Å². The molecule has 0 saturated carbocycles. The minimum Gasteiger partial charge on any atom is -0.490 e. The molecular weight excluding hydrogens is 579 g/mol. The van der Waals surface area contributed by atoms with E-state index in [2.05, 4.69) is 10.0 Å². The van der Waals surface area contributed by atoms with E-state index in [0.717, 1.165) is 19.1 Å². The molecule has 1 heterocycles. The first kappa shape index (κ1) is 34.1. The van der Waals surface area contributed by atoms with E-state index < -0.39 is 39.9 Å². The molecule has 0 radical (unpaired) electrons. The van der Waals surface area contributed by atoms with E-state index in [1.165, 1.54) is 40.1 Å². The SMILES string of the molecule is C[C@@H]1CN([C@@H](C)CO)C(=O)c2cc(NS(C)(=O)=O)ccc2O[C@@H](C)CCCCO[C@@H]1CN(C)C(=O)Nc1ccc(F)cc1. The minimum atomic E-state index is -3.60. The molecule has 3 amide bonds. The Balaban J connectivity index is 1.90. The molecule has 238 valence electrons. The summed E-state index contributed by atoms with van der Waals surface area (Å²) in [5.74, 6) is -0.800. The highest BCUT2D eigenvalue weighted by molar-refractivity contribution is 7.92. The molecule has 0 unspecified atom stereocenters. The first-order valence-electron chi connectivity index (χ1n) is 14.4. The molecule has 11 nitrogen and oxygen atoms in total. The van der Waals surface area contributed by atoms with Crippen LogP contribution in [-0.2, 0) is 14.8 Å². The highest BCUT2D eigenvalue weighted by Crippen LogP contribution is 2.29. The van der Waals surface area contributed by atoms with E-state index in [9.17, 15) is 27.5 Å². The topological polar surface area (TPSA) is 138 Å². The van der Waals surface area contributed by atoms with Crippen molar-refractivity contribution in [3.63, 3.8) is 0 Å². The second-order valence-electron chi connectivity index (χ2n) is 11.2. The van der Waals surface area contributed by atoms with Gasteiger partial charge in [0.2, 0.25) is 10.0 Å². The molecule has 43 heavy (non-hydrogen) atoms. The van der Waals surface area contributed by atoms with Crippen LogP contribution in [-0.4, -0.2) is 93.1 Å². The Morgan fingerprint density at radius 3 is 2.49 bits per heavy atom. The van der Waals surface area contributed by atoms with Crippen molar-refractivity contribution < 1.29 is 37.0 Å². The monoisotopic (exact) mass is 622 g/mol. The van der Waals surface area contributed by atoms with Gasteiger partial charge < -0.3 is 29.7 Å². The van der Waals surface area contributed by atoms with Crippen LogP contribution in [0.1, 0.15) is 50.4 Å². The average Bonchev–Trinajstić information content (AvgIpc) is 2.94. The number of aliphatic hydroxyl groups excluding tert-OH is 1. The van der Waals surface area contributed by atoms with Crippen molar-refractivity contribution in [3.8, 4) is 5.75 Å². The molecule has 3 N–H and O–H groups in total. The number of halogens is 1. The van der Waals surface area contributed by atoms with Gasteiger partial charge in [-0.15, -0.1) is 0 Å². The average molecular weight is 623 g/mol. The van der Waals surface area contributed by atoms with Crippen molar-refractivity contribution in [3.05, 3.63) is 53.8 Å². The van der Waals surface area contributed by atoms with E-state index in [1.807, 2.05) is 13.8 Å². The normalized spacial score (nSPS) is 21.1. The quantitative estimate of drug-likeness (QED) is 0.422. The Morgan fingerprint density at radius 2 is 1.84 bits per heavy atom. The summed E-state index contributed by atoms with van der Waals surface area (Å²) in [5, 5.41) is 12.8. The molecule has 0 fully saturated rings. The van der Waals surface area contributed by atoms with E-state index in [1.54, 1.807) is 26.1 Å². The maximum atomic E-state index is 14.1. The Bertz CT molecular complexity index is 1340. The van der Waals surface area contributed by atoms with Crippen LogP contribution in [0.25, 0.3) is 0 Å². The number of rotatable bonds is 7. The number of ether oxygens (including phenoxy) is 2. The molecule has 1 aliphatic rings. The second-order valence-corrected chi connectivity index (χ2v) is 13.0. The summed E-state index contributed by atoms with van der Waals surface area (Å²) >= 11 is 0. The number of carbonyl (C=O) groups is 2. The summed E-state index contributed by atoms with van der Waals surface area (Å²) in [6.07, 6.45) is 2.58. The molecule has 2 aromatic rings. The molecule has 1 aliphatic heterocycles. The number of anilines is 2. The van der Waals surface area contributed by atoms with E-state index >= 15 is 0 Å². The third-order valence-corrected chi connectivity index (χ3v) is 7.86. The molecule has 0 bridgehead atoms. The number of urea groups is 1. The van der Waals surface area contributed by atoms with Crippen molar-refractivity contribution in [1.82, 2.24) is 9.80 Å². The maximum Gasteiger partial charge on any atom is 0.321 e. The van der Waals surface area contributed by atoms with Gasteiger partial charge in [-0.05, 0) is 75.6 Å². The Labute approximate surface area is 253 Å². The van der Waals surface area contributed by atoms with Gasteiger partial charge in [-0.1, -0.05) is 6.92 Å². The second kappa shape index (κ2) is 15.3. The van der Waals surface area contributed by atoms with Gasteiger partial charge in [-0.2, -0.15) is 0 Å². The van der Waals surface area contributed by atoms with Crippen LogP contribution in [0.4, 0.5) is 20.6 Å². The zero-order valence-electron chi connectivity index (χ0n) is 25.4. The summed E-state index contributed by atoms with van der Waals surface area (Å²) in [5.41, 5.74) is 0.830. The lowest BCUT2D eigenvalue weighted by Gasteiger charge is -2.35. The predicted octanol–water partition coefficient (Wildman–Crippen LogP) is 4.16. The largest absolute Gasteiger partial charge is 0.490 e. The van der Waals surface area contributed by atoms with Gasteiger partial charge in [0.1, 0.15) is 11.6 Å². The third-order valence-electron chi connectivity index (χ3n) is 7.25. The number of amides is 3. The smallest absolute Gasteiger partial charge is 0.321 e. The molecule has 0 saturated heterocycles. The number of sulfonamides is 1. The summed E-state index contributed by atoms with van der Waals surface area (Å²) in [7, 11) is -1.97. The number of hydrogen-bond donors (Lipinski definition) is 3. The van der Waals surface area contributed by atoms with Gasteiger partial charge in [0.25, 0.3) is 5.91 Å². The van der Waals surface area contributed by atoms with E-state index in [-0.39, 0.29) is 43.0 Å². The molecule has 2 aromatic carbocycles. The van der Waals surface area contributed by atoms with Gasteiger partial charge in [0.15, 0.2) is 0 Å². The fraction of sp³-hybridized carbons (Fsp3) is 0.533. The highest BCUT2D eigenvalue weighted by atomic mass is 32.2. The van der Waals surface area contributed by atoms with E-state index in [0.29, 0.717) is 24.5 Å². The molecule has 0 aliphatic carbocycles. The number of benzene rings is 2. The van der Waals surface area contributed by atoms with Crippen molar-refractivity contribution in [2.45, 2.75) is 58.3 Å². The van der Waals surface area contributed by atoms with Crippen molar-refractivity contribution >= 4 is 33.3 Å². The van der Waals surface area contributed by atoms with Crippen molar-refractivity contribution in [1.29, 1.82) is 0 Å². The van der Waals surface area contributed by atoms with E-state index in [4.69, 9.17) is 9.47 Å². The Kier molecular flexibility index (Phi) is 12.2. The minimum absolute atomic E-state index is 0.165. The van der Waals surface area contributed by atoms with Gasteiger partial charge in [0.05, 0.1) is 36.7 Å². The molecule has 3 rings (SSSR count).